The van der Waals surface area contributed by atoms with E-state index in [2.05, 4.69) is 103 Å². The number of aromatic nitrogens is 2. The van der Waals surface area contributed by atoms with Crippen molar-refractivity contribution < 1.29 is 13.4 Å². The van der Waals surface area contributed by atoms with Gasteiger partial charge >= 0.3 is 0 Å². The van der Waals surface area contributed by atoms with Crippen LogP contribution in [0.4, 0.5) is 0 Å². The third-order valence-corrected chi connectivity index (χ3v) is 6.84. The Morgan fingerprint density at radius 2 is 1.53 bits per heavy atom. The Kier molecular flexibility index (Phi) is 3.31. The molecule has 154 valence electrons. The van der Waals surface area contributed by atoms with Crippen LogP contribution in [0.5, 0.6) is 0 Å². The van der Waals surface area contributed by atoms with Crippen molar-refractivity contribution in [3.05, 3.63) is 84.2 Å². The Balaban J connectivity index is 1.61. The molecule has 0 saturated heterocycles. The second-order valence-electron chi connectivity index (χ2n) is 8.60. The molecular formula is C28H21N2O2+. The first-order chi connectivity index (χ1) is 15.6. The molecule has 0 fully saturated rings. The fourth-order valence-electron chi connectivity index (χ4n) is 5.15. The molecule has 0 saturated carbocycles. The molecule has 0 atom stereocenters. The average molecular weight is 417 g/mol. The molecule has 0 aliphatic carbocycles. The molecule has 0 N–H and O–H groups in total. The fraction of sp³-hybridized carbons (Fsp3) is 0.107. The van der Waals surface area contributed by atoms with Crippen molar-refractivity contribution in [3.63, 3.8) is 0 Å². The molecule has 0 spiro atoms. The first-order valence-corrected chi connectivity index (χ1v) is 10.9. The van der Waals surface area contributed by atoms with Gasteiger partial charge in [0.25, 0.3) is 11.6 Å². The van der Waals surface area contributed by atoms with E-state index in [9.17, 15) is 0 Å². The van der Waals surface area contributed by atoms with Crippen LogP contribution in [0.3, 0.4) is 0 Å². The second kappa shape index (κ2) is 6.01. The van der Waals surface area contributed by atoms with E-state index >= 15 is 0 Å². The molecule has 32 heavy (non-hydrogen) atoms. The minimum absolute atomic E-state index is 0.583. The molecule has 0 aliphatic rings. The summed E-state index contributed by atoms with van der Waals surface area (Å²) in [6, 6.07) is 25.5. The summed E-state index contributed by atoms with van der Waals surface area (Å²) in [6.45, 7) is 4.29. The fourth-order valence-corrected chi connectivity index (χ4v) is 5.15. The molecule has 4 heteroatoms. The van der Waals surface area contributed by atoms with Crippen LogP contribution in [0.15, 0.2) is 81.6 Å². The summed E-state index contributed by atoms with van der Waals surface area (Å²) in [6.07, 6.45) is 0. The highest BCUT2D eigenvalue weighted by atomic mass is 16.5. The number of rotatable bonds is 1. The molecule has 7 rings (SSSR count). The molecular weight excluding hydrogens is 396 g/mol. The number of imidazole rings is 1. The standard InChI is InChI=1S/C28H21N2O2/c1-16-8-4-7-11-22(16)30-17(2)29(3)26-23(30)13-12-20-25-21-14-18-9-5-6-10-19(18)15-24(21)31-28(25)32-27(20)26/h4-15H,1-3H3/q+1. The van der Waals surface area contributed by atoms with Gasteiger partial charge in [-0.05, 0) is 53.6 Å². The highest BCUT2D eigenvalue weighted by molar-refractivity contribution is 6.22. The number of para-hydroxylation sites is 1. The SMILES string of the molecule is Cc1ccccc1-n1c(C)[n+](C)c2c3oc4oc5cc6ccccc6cc5c4c3ccc21. The molecule has 4 aromatic carbocycles. The van der Waals surface area contributed by atoms with Crippen LogP contribution in [0.1, 0.15) is 11.4 Å². The summed E-state index contributed by atoms with van der Waals surface area (Å²) < 4.78 is 17.1. The van der Waals surface area contributed by atoms with E-state index in [1.807, 2.05) is 0 Å². The number of fused-ring (bicyclic) bond motifs is 8. The molecule has 0 unspecified atom stereocenters. The lowest BCUT2D eigenvalue weighted by Crippen LogP contribution is -2.30. The van der Waals surface area contributed by atoms with Gasteiger partial charge in [0.05, 0.1) is 12.4 Å². The summed E-state index contributed by atoms with van der Waals surface area (Å²) in [5.41, 5.74) is 6.34. The maximum Gasteiger partial charge on any atom is 0.299 e. The van der Waals surface area contributed by atoms with E-state index in [0.29, 0.717) is 5.78 Å². The van der Waals surface area contributed by atoms with Gasteiger partial charge in [-0.2, -0.15) is 4.57 Å². The maximum atomic E-state index is 6.39. The van der Waals surface area contributed by atoms with Crippen LogP contribution in [-0.2, 0) is 7.05 Å². The summed E-state index contributed by atoms with van der Waals surface area (Å²) >= 11 is 0. The molecule has 3 heterocycles. The smallest absolute Gasteiger partial charge is 0.299 e. The van der Waals surface area contributed by atoms with Crippen molar-refractivity contribution in [2.75, 3.05) is 0 Å². The quantitative estimate of drug-likeness (QED) is 0.273. The lowest BCUT2D eigenvalue weighted by atomic mass is 10.1. The highest BCUT2D eigenvalue weighted by Gasteiger charge is 2.27. The summed E-state index contributed by atoms with van der Waals surface area (Å²) in [7, 11) is 2.10. The normalized spacial score (nSPS) is 12.2. The molecule has 0 amide bonds. The van der Waals surface area contributed by atoms with Crippen LogP contribution >= 0.6 is 0 Å². The predicted molar refractivity (Wildman–Crippen MR) is 128 cm³/mol. The minimum Gasteiger partial charge on any atom is -0.425 e. The molecule has 0 radical (unpaired) electrons. The van der Waals surface area contributed by atoms with Gasteiger partial charge in [0.1, 0.15) is 11.3 Å². The van der Waals surface area contributed by atoms with E-state index in [1.54, 1.807) is 0 Å². The summed E-state index contributed by atoms with van der Waals surface area (Å²) in [4.78, 5) is 0. The van der Waals surface area contributed by atoms with Gasteiger partial charge in [-0.3, -0.25) is 0 Å². The van der Waals surface area contributed by atoms with E-state index < -0.39 is 0 Å². The summed E-state index contributed by atoms with van der Waals surface area (Å²) in [5, 5.41) is 5.59. The van der Waals surface area contributed by atoms with E-state index in [1.165, 1.54) is 22.0 Å². The largest absolute Gasteiger partial charge is 0.425 e. The van der Waals surface area contributed by atoms with Crippen LogP contribution in [0.2, 0.25) is 0 Å². The van der Waals surface area contributed by atoms with Crippen LogP contribution < -0.4 is 4.57 Å². The number of hydrogen-bond acceptors (Lipinski definition) is 2. The van der Waals surface area contributed by atoms with Gasteiger partial charge in [-0.1, -0.05) is 42.5 Å². The van der Waals surface area contributed by atoms with Gasteiger partial charge in [-0.15, -0.1) is 0 Å². The monoisotopic (exact) mass is 417 g/mol. The van der Waals surface area contributed by atoms with Gasteiger partial charge in [-0.25, -0.2) is 4.57 Å². The van der Waals surface area contributed by atoms with Crippen LogP contribution in [0.25, 0.3) is 60.6 Å². The van der Waals surface area contributed by atoms with Crippen LogP contribution in [-0.4, -0.2) is 4.57 Å². The van der Waals surface area contributed by atoms with Gasteiger partial charge in [0.15, 0.2) is 11.1 Å². The van der Waals surface area contributed by atoms with E-state index in [4.69, 9.17) is 8.83 Å². The third kappa shape index (κ3) is 2.14. The Morgan fingerprint density at radius 1 is 0.781 bits per heavy atom. The molecule has 7 aromatic rings. The number of aryl methyl sites for hydroxylation is 2. The zero-order valence-corrected chi connectivity index (χ0v) is 18.1. The predicted octanol–water partition coefficient (Wildman–Crippen LogP) is 6.87. The third-order valence-electron chi connectivity index (χ3n) is 6.84. The maximum absolute atomic E-state index is 6.39. The van der Waals surface area contributed by atoms with Crippen molar-refractivity contribution in [2.45, 2.75) is 13.8 Å². The van der Waals surface area contributed by atoms with E-state index in [-0.39, 0.29) is 0 Å². The zero-order chi connectivity index (χ0) is 21.6. The second-order valence-corrected chi connectivity index (χ2v) is 8.60. The first-order valence-electron chi connectivity index (χ1n) is 10.9. The van der Waals surface area contributed by atoms with Crippen molar-refractivity contribution >= 4 is 54.9 Å². The Bertz CT molecular complexity index is 1860. The molecule has 3 aromatic heterocycles. The Morgan fingerprint density at radius 3 is 2.34 bits per heavy atom. The van der Waals surface area contributed by atoms with Crippen molar-refractivity contribution in [1.82, 2.24) is 4.57 Å². The number of hydrogen-bond donors (Lipinski definition) is 0. The number of benzene rings is 4. The van der Waals surface area contributed by atoms with Crippen LogP contribution in [0, 0.1) is 13.8 Å². The Labute approximate surface area is 183 Å². The van der Waals surface area contributed by atoms with Gasteiger partial charge in [0.2, 0.25) is 5.52 Å². The lowest BCUT2D eigenvalue weighted by Gasteiger charge is -2.03. The lowest BCUT2D eigenvalue weighted by molar-refractivity contribution is -0.651. The van der Waals surface area contributed by atoms with Crippen molar-refractivity contribution in [1.29, 1.82) is 0 Å². The molecule has 0 bridgehead atoms. The van der Waals surface area contributed by atoms with Crippen molar-refractivity contribution in [2.24, 2.45) is 7.05 Å². The van der Waals surface area contributed by atoms with E-state index in [0.717, 1.165) is 44.2 Å². The average Bonchev–Trinajstić information content (AvgIpc) is 3.41. The van der Waals surface area contributed by atoms with Gasteiger partial charge < -0.3 is 8.83 Å². The molecule has 0 aliphatic heterocycles. The number of nitrogens with zero attached hydrogens (tertiary/aromatic N) is 2. The molecule has 4 nitrogen and oxygen atoms in total. The van der Waals surface area contributed by atoms with Crippen molar-refractivity contribution in [3.8, 4) is 5.69 Å². The van der Waals surface area contributed by atoms with Gasteiger partial charge in [0, 0.05) is 17.7 Å². The topological polar surface area (TPSA) is 35.1 Å². The summed E-state index contributed by atoms with van der Waals surface area (Å²) in [5.74, 6) is 1.73. The number of furan rings is 2. The first kappa shape index (κ1) is 17.6. The minimum atomic E-state index is 0.583. The zero-order valence-electron chi connectivity index (χ0n) is 18.1. The Hall–Kier alpha value is -4.05. The highest BCUT2D eigenvalue weighted by Crippen LogP contribution is 2.41.